The van der Waals surface area contributed by atoms with Crippen LogP contribution in [0.4, 0.5) is 0 Å². The molecule has 5 nitrogen and oxygen atoms in total. The smallest absolute Gasteiger partial charge is 0.224 e. The number of nitrogens with zero attached hydrogens (tertiary/aromatic N) is 3. The Labute approximate surface area is 134 Å². The summed E-state index contributed by atoms with van der Waals surface area (Å²) in [7, 11) is 0. The van der Waals surface area contributed by atoms with Crippen molar-refractivity contribution in [3.63, 3.8) is 0 Å². The summed E-state index contributed by atoms with van der Waals surface area (Å²) in [5, 5.41) is 11.1. The second-order valence-electron chi connectivity index (χ2n) is 5.96. The molecule has 1 N–H and O–H groups in total. The summed E-state index contributed by atoms with van der Waals surface area (Å²) in [5.74, 6) is 0.749. The molecule has 3 aromatic rings. The first-order valence-corrected chi connectivity index (χ1v) is 7.95. The predicted octanol–water partition coefficient (Wildman–Crippen LogP) is 2.08. The van der Waals surface area contributed by atoms with Crippen molar-refractivity contribution in [1.82, 2.24) is 19.9 Å². The topological polar surface area (TPSA) is 59.3 Å². The van der Waals surface area contributed by atoms with Crippen LogP contribution in [0.1, 0.15) is 28.9 Å². The Morgan fingerprint density at radius 2 is 2.04 bits per heavy atom. The van der Waals surface area contributed by atoms with Crippen LogP contribution >= 0.6 is 0 Å². The lowest BCUT2D eigenvalue weighted by atomic mass is 10.0. The van der Waals surface area contributed by atoms with Gasteiger partial charge >= 0.3 is 0 Å². The van der Waals surface area contributed by atoms with Gasteiger partial charge in [0.05, 0.1) is 13.0 Å². The van der Waals surface area contributed by atoms with Gasteiger partial charge in [0.15, 0.2) is 11.5 Å². The highest BCUT2D eigenvalue weighted by Crippen LogP contribution is 2.22. The molecular weight excluding hydrogens is 288 g/mol. The van der Waals surface area contributed by atoms with Crippen LogP contribution in [0.5, 0.6) is 0 Å². The second-order valence-corrected chi connectivity index (χ2v) is 5.96. The zero-order valence-corrected chi connectivity index (χ0v) is 12.8. The van der Waals surface area contributed by atoms with Gasteiger partial charge in [-0.1, -0.05) is 24.3 Å². The minimum Gasteiger partial charge on any atom is -0.348 e. The molecule has 1 aliphatic rings. The van der Waals surface area contributed by atoms with Crippen LogP contribution in [0.15, 0.2) is 42.6 Å². The summed E-state index contributed by atoms with van der Waals surface area (Å²) in [4.78, 5) is 12.2. The van der Waals surface area contributed by atoms with Crippen molar-refractivity contribution >= 4 is 11.6 Å². The van der Waals surface area contributed by atoms with Gasteiger partial charge in [0, 0.05) is 6.20 Å². The van der Waals surface area contributed by atoms with Crippen LogP contribution in [0, 0.1) is 0 Å². The van der Waals surface area contributed by atoms with Gasteiger partial charge < -0.3 is 5.32 Å². The first kappa shape index (κ1) is 13.9. The summed E-state index contributed by atoms with van der Waals surface area (Å²) < 4.78 is 1.88. The number of aromatic nitrogens is 3. The maximum atomic E-state index is 12.2. The number of amides is 1. The number of hydrogen-bond acceptors (Lipinski definition) is 3. The Kier molecular flexibility index (Phi) is 3.54. The van der Waals surface area contributed by atoms with Crippen molar-refractivity contribution in [3.05, 3.63) is 65.1 Å². The zero-order chi connectivity index (χ0) is 15.6. The molecule has 0 saturated heterocycles. The van der Waals surface area contributed by atoms with Gasteiger partial charge in [-0.15, -0.1) is 10.2 Å². The third-order valence-electron chi connectivity index (χ3n) is 4.36. The van der Waals surface area contributed by atoms with E-state index < -0.39 is 0 Å². The molecule has 0 radical (unpaired) electrons. The molecule has 1 amide bonds. The van der Waals surface area contributed by atoms with E-state index in [1.54, 1.807) is 0 Å². The van der Waals surface area contributed by atoms with Crippen LogP contribution in [0.2, 0.25) is 0 Å². The van der Waals surface area contributed by atoms with Gasteiger partial charge in [-0.3, -0.25) is 9.20 Å². The Bertz CT molecular complexity index is 868. The highest BCUT2D eigenvalue weighted by atomic mass is 16.1. The molecule has 0 aliphatic heterocycles. The molecular formula is C18H18N4O. The molecule has 0 fully saturated rings. The number of nitrogens with one attached hydrogen (secondary N) is 1. The standard InChI is InChI=1S/C18H18N4O/c23-18(11-13-7-8-14-4-3-5-15(14)10-13)19-12-17-21-20-16-6-1-2-9-22(16)17/h1-2,6-10H,3-5,11-12H2,(H,19,23). The van der Waals surface area contributed by atoms with Gasteiger partial charge in [0.1, 0.15) is 0 Å². The molecule has 116 valence electrons. The van der Waals surface area contributed by atoms with Crippen molar-refractivity contribution in [2.75, 3.05) is 0 Å². The van der Waals surface area contributed by atoms with Crippen LogP contribution in [0.25, 0.3) is 5.65 Å². The van der Waals surface area contributed by atoms with Gasteiger partial charge in [-0.05, 0) is 48.1 Å². The molecule has 1 aromatic carbocycles. The van der Waals surface area contributed by atoms with Crippen molar-refractivity contribution in [1.29, 1.82) is 0 Å². The molecule has 23 heavy (non-hydrogen) atoms. The second kappa shape index (κ2) is 5.83. The first-order valence-electron chi connectivity index (χ1n) is 7.95. The average molecular weight is 306 g/mol. The molecule has 0 bridgehead atoms. The molecule has 0 atom stereocenters. The number of hydrogen-bond donors (Lipinski definition) is 1. The molecule has 0 spiro atoms. The van der Waals surface area contributed by atoms with Crippen molar-refractivity contribution in [2.45, 2.75) is 32.2 Å². The number of rotatable bonds is 4. The lowest BCUT2D eigenvalue weighted by Gasteiger charge is -2.06. The first-order chi connectivity index (χ1) is 11.3. The number of carbonyl (C=O) groups is 1. The lowest BCUT2D eigenvalue weighted by molar-refractivity contribution is -0.120. The molecule has 0 unspecified atom stereocenters. The summed E-state index contributed by atoms with van der Waals surface area (Å²) in [6, 6.07) is 12.1. The predicted molar refractivity (Wildman–Crippen MR) is 87.0 cm³/mol. The largest absolute Gasteiger partial charge is 0.348 e. The maximum Gasteiger partial charge on any atom is 0.224 e. The van der Waals surface area contributed by atoms with E-state index in [0.29, 0.717) is 13.0 Å². The van der Waals surface area contributed by atoms with Crippen molar-refractivity contribution < 1.29 is 4.79 Å². The average Bonchev–Trinajstić information content (AvgIpc) is 3.19. The zero-order valence-electron chi connectivity index (χ0n) is 12.8. The van der Waals surface area contributed by atoms with Crippen LogP contribution in [0.3, 0.4) is 0 Å². The summed E-state index contributed by atoms with van der Waals surface area (Å²) in [5.41, 5.74) is 4.70. The number of benzene rings is 1. The molecule has 5 heteroatoms. The number of carbonyl (C=O) groups excluding carboxylic acids is 1. The quantitative estimate of drug-likeness (QED) is 0.803. The monoisotopic (exact) mass is 306 g/mol. The van der Waals surface area contributed by atoms with Gasteiger partial charge in [-0.2, -0.15) is 0 Å². The number of pyridine rings is 1. The van der Waals surface area contributed by atoms with E-state index in [1.165, 1.54) is 24.0 Å². The third kappa shape index (κ3) is 2.82. The van der Waals surface area contributed by atoms with Gasteiger partial charge in [0.25, 0.3) is 0 Å². The third-order valence-corrected chi connectivity index (χ3v) is 4.36. The van der Waals surface area contributed by atoms with E-state index in [4.69, 9.17) is 0 Å². The Morgan fingerprint density at radius 1 is 1.13 bits per heavy atom. The fraction of sp³-hybridized carbons (Fsp3) is 0.278. The Morgan fingerprint density at radius 3 is 3.00 bits per heavy atom. The minimum absolute atomic E-state index is 0.00984. The van der Waals surface area contributed by atoms with Crippen LogP contribution in [-0.4, -0.2) is 20.5 Å². The SMILES string of the molecule is O=C(Cc1ccc2c(c1)CCC2)NCc1nnc2ccccn12. The fourth-order valence-corrected chi connectivity index (χ4v) is 3.17. The summed E-state index contributed by atoms with van der Waals surface area (Å²) >= 11 is 0. The summed E-state index contributed by atoms with van der Waals surface area (Å²) in [6.45, 7) is 0.384. The van der Waals surface area contributed by atoms with E-state index in [-0.39, 0.29) is 5.91 Å². The van der Waals surface area contributed by atoms with Crippen LogP contribution in [-0.2, 0) is 30.6 Å². The Hall–Kier alpha value is -2.69. The molecule has 0 saturated carbocycles. The van der Waals surface area contributed by atoms with Gasteiger partial charge in [0.2, 0.25) is 5.91 Å². The van der Waals surface area contributed by atoms with E-state index in [0.717, 1.165) is 23.5 Å². The number of aryl methyl sites for hydroxylation is 2. The van der Waals surface area contributed by atoms with E-state index in [1.807, 2.05) is 28.8 Å². The molecule has 2 heterocycles. The van der Waals surface area contributed by atoms with E-state index >= 15 is 0 Å². The maximum absolute atomic E-state index is 12.2. The highest BCUT2D eigenvalue weighted by Gasteiger charge is 2.12. The van der Waals surface area contributed by atoms with Crippen molar-refractivity contribution in [2.24, 2.45) is 0 Å². The van der Waals surface area contributed by atoms with E-state index in [9.17, 15) is 4.79 Å². The fourth-order valence-electron chi connectivity index (χ4n) is 3.17. The van der Waals surface area contributed by atoms with Gasteiger partial charge in [-0.25, -0.2) is 0 Å². The van der Waals surface area contributed by atoms with E-state index in [2.05, 4.69) is 33.7 Å². The minimum atomic E-state index is 0.00984. The molecule has 4 rings (SSSR count). The molecule has 1 aliphatic carbocycles. The van der Waals surface area contributed by atoms with Crippen molar-refractivity contribution in [3.8, 4) is 0 Å². The number of fused-ring (bicyclic) bond motifs is 2. The normalized spacial score (nSPS) is 13.2. The molecule has 2 aromatic heterocycles. The lowest BCUT2D eigenvalue weighted by Crippen LogP contribution is -2.25. The van der Waals surface area contributed by atoms with Crippen LogP contribution < -0.4 is 5.32 Å². The summed E-state index contributed by atoms with van der Waals surface area (Å²) in [6.07, 6.45) is 5.84. The Balaban J connectivity index is 1.40. The highest BCUT2D eigenvalue weighted by molar-refractivity contribution is 5.78.